The summed E-state index contributed by atoms with van der Waals surface area (Å²) >= 11 is 9.30. The summed E-state index contributed by atoms with van der Waals surface area (Å²) in [4.78, 5) is 36.9. The van der Waals surface area contributed by atoms with E-state index in [0.717, 1.165) is 0 Å². The maximum Gasteiger partial charge on any atom is 0.274 e. The molecule has 0 bridgehead atoms. The van der Waals surface area contributed by atoms with Crippen LogP contribution in [0.25, 0.3) is 0 Å². The van der Waals surface area contributed by atoms with E-state index in [0.29, 0.717) is 26.4 Å². The molecule has 0 aromatic heterocycles. The maximum atomic E-state index is 12.5. The molecule has 140 valence electrons. The van der Waals surface area contributed by atoms with Crippen LogP contribution in [-0.4, -0.2) is 23.3 Å². The Labute approximate surface area is 168 Å². The summed E-state index contributed by atoms with van der Waals surface area (Å²) in [5, 5.41) is 14.3. The number of hydrogen-bond donors (Lipinski definition) is 1. The number of amides is 2. The highest BCUT2D eigenvalue weighted by atomic mass is 79.9. The number of carbonyl (C=O) groups excluding carboxylic acids is 2. The topological polar surface area (TPSA) is 92.6 Å². The van der Waals surface area contributed by atoms with Crippen molar-refractivity contribution in [2.24, 2.45) is 5.92 Å². The molecule has 7 nitrogen and oxygen atoms in total. The predicted molar refractivity (Wildman–Crippen MR) is 106 cm³/mol. The van der Waals surface area contributed by atoms with E-state index in [1.54, 1.807) is 37.3 Å². The molecular formula is C18H15BrClN3O4. The molecule has 2 amide bonds. The van der Waals surface area contributed by atoms with Crippen LogP contribution in [0.15, 0.2) is 40.9 Å². The summed E-state index contributed by atoms with van der Waals surface area (Å²) < 4.78 is 0.713. The Morgan fingerprint density at radius 3 is 2.74 bits per heavy atom. The Bertz CT molecular complexity index is 950. The van der Waals surface area contributed by atoms with Crippen LogP contribution in [0.4, 0.5) is 17.1 Å². The SMILES string of the molecule is Cc1ccc(N2C[C@@H](C(=O)Nc3ccc(Br)c(Cl)c3)CC2=O)cc1[N+](=O)[O-]. The first-order valence-corrected chi connectivity index (χ1v) is 9.24. The minimum absolute atomic E-state index is 0.0395. The average Bonchev–Trinajstić information content (AvgIpc) is 3.00. The van der Waals surface area contributed by atoms with Gasteiger partial charge in [0.05, 0.1) is 21.6 Å². The molecule has 1 aliphatic rings. The number of nitro groups is 1. The zero-order chi connectivity index (χ0) is 19.7. The number of nitrogens with zero attached hydrogens (tertiary/aromatic N) is 2. The van der Waals surface area contributed by atoms with Crippen LogP contribution in [0, 0.1) is 23.0 Å². The van der Waals surface area contributed by atoms with E-state index in [9.17, 15) is 19.7 Å². The molecule has 1 aliphatic heterocycles. The van der Waals surface area contributed by atoms with Gasteiger partial charge in [0.1, 0.15) is 0 Å². The highest BCUT2D eigenvalue weighted by Gasteiger charge is 2.35. The number of rotatable bonds is 4. The van der Waals surface area contributed by atoms with Gasteiger partial charge in [0.25, 0.3) is 5.69 Å². The number of hydrogen-bond acceptors (Lipinski definition) is 4. The van der Waals surface area contributed by atoms with E-state index >= 15 is 0 Å². The third-order valence-corrected chi connectivity index (χ3v) is 5.62. The lowest BCUT2D eigenvalue weighted by Gasteiger charge is -2.17. The highest BCUT2D eigenvalue weighted by Crippen LogP contribution is 2.31. The van der Waals surface area contributed by atoms with Gasteiger partial charge in [0, 0.05) is 34.8 Å². The van der Waals surface area contributed by atoms with Gasteiger partial charge in [-0.1, -0.05) is 17.7 Å². The van der Waals surface area contributed by atoms with E-state index in [1.807, 2.05) is 0 Å². The Kier molecular flexibility index (Phi) is 5.48. The summed E-state index contributed by atoms with van der Waals surface area (Å²) in [6.45, 7) is 1.79. The summed E-state index contributed by atoms with van der Waals surface area (Å²) in [6, 6.07) is 9.64. The standard InChI is InChI=1S/C18H15BrClN3O4/c1-10-2-4-13(8-16(10)23(26)27)22-9-11(6-17(22)24)18(25)21-12-3-5-14(19)15(20)7-12/h2-5,7-8,11H,6,9H2,1H3,(H,21,25)/t11-/m0/s1. The number of anilines is 2. The van der Waals surface area contributed by atoms with Crippen molar-refractivity contribution in [1.82, 2.24) is 0 Å². The quantitative estimate of drug-likeness (QED) is 0.552. The Morgan fingerprint density at radius 1 is 1.33 bits per heavy atom. The lowest BCUT2D eigenvalue weighted by Crippen LogP contribution is -2.28. The van der Waals surface area contributed by atoms with Gasteiger partial charge >= 0.3 is 0 Å². The molecule has 3 rings (SSSR count). The van der Waals surface area contributed by atoms with E-state index in [2.05, 4.69) is 21.2 Å². The molecule has 2 aromatic carbocycles. The monoisotopic (exact) mass is 451 g/mol. The third-order valence-electron chi connectivity index (χ3n) is 4.38. The molecule has 2 aromatic rings. The number of halogens is 2. The van der Waals surface area contributed by atoms with E-state index < -0.39 is 10.8 Å². The molecule has 1 fully saturated rings. The van der Waals surface area contributed by atoms with Crippen molar-refractivity contribution in [2.75, 3.05) is 16.8 Å². The molecule has 0 radical (unpaired) electrons. The Hall–Kier alpha value is -2.45. The number of nitro benzene ring substituents is 1. The van der Waals surface area contributed by atoms with E-state index in [1.165, 1.54) is 11.0 Å². The molecule has 27 heavy (non-hydrogen) atoms. The van der Waals surface area contributed by atoms with Crippen LogP contribution in [0.5, 0.6) is 0 Å². The van der Waals surface area contributed by atoms with E-state index in [-0.39, 0.29) is 30.5 Å². The minimum atomic E-state index is -0.555. The van der Waals surface area contributed by atoms with Gasteiger partial charge in [-0.05, 0) is 47.1 Å². The lowest BCUT2D eigenvalue weighted by molar-refractivity contribution is -0.385. The Morgan fingerprint density at radius 2 is 2.07 bits per heavy atom. The van der Waals surface area contributed by atoms with Crippen LogP contribution in [0.3, 0.4) is 0 Å². The second-order valence-electron chi connectivity index (χ2n) is 6.25. The fourth-order valence-electron chi connectivity index (χ4n) is 2.91. The number of aryl methyl sites for hydroxylation is 1. The van der Waals surface area contributed by atoms with Crippen molar-refractivity contribution in [3.05, 3.63) is 61.6 Å². The van der Waals surface area contributed by atoms with Crippen LogP contribution >= 0.6 is 27.5 Å². The zero-order valence-electron chi connectivity index (χ0n) is 14.2. The van der Waals surface area contributed by atoms with Crippen LogP contribution in [0.1, 0.15) is 12.0 Å². The fourth-order valence-corrected chi connectivity index (χ4v) is 3.34. The van der Waals surface area contributed by atoms with Crippen LogP contribution in [-0.2, 0) is 9.59 Å². The van der Waals surface area contributed by atoms with Crippen molar-refractivity contribution in [3.63, 3.8) is 0 Å². The molecule has 0 saturated carbocycles. The molecular weight excluding hydrogens is 438 g/mol. The summed E-state index contributed by atoms with van der Waals surface area (Å²) in [6.07, 6.45) is 0.0395. The van der Waals surface area contributed by atoms with Crippen LogP contribution in [0.2, 0.25) is 5.02 Å². The van der Waals surface area contributed by atoms with Crippen molar-refractivity contribution in [2.45, 2.75) is 13.3 Å². The summed E-state index contributed by atoms with van der Waals surface area (Å²) in [7, 11) is 0. The lowest BCUT2D eigenvalue weighted by atomic mass is 10.1. The number of benzene rings is 2. The van der Waals surface area contributed by atoms with E-state index in [4.69, 9.17) is 11.6 Å². The fraction of sp³-hybridized carbons (Fsp3) is 0.222. The third kappa shape index (κ3) is 4.12. The molecule has 0 aliphatic carbocycles. The first kappa shape index (κ1) is 19.3. The second-order valence-corrected chi connectivity index (χ2v) is 7.51. The van der Waals surface area contributed by atoms with Gasteiger partial charge < -0.3 is 10.2 Å². The average molecular weight is 453 g/mol. The van der Waals surface area contributed by atoms with Gasteiger partial charge in [-0.25, -0.2) is 0 Å². The smallest absolute Gasteiger partial charge is 0.274 e. The summed E-state index contributed by atoms with van der Waals surface area (Å²) in [5.41, 5.74) is 1.40. The maximum absolute atomic E-state index is 12.5. The first-order valence-electron chi connectivity index (χ1n) is 8.07. The zero-order valence-corrected chi connectivity index (χ0v) is 16.6. The normalized spacial score (nSPS) is 16.5. The van der Waals surface area contributed by atoms with Gasteiger partial charge in [0.2, 0.25) is 11.8 Å². The van der Waals surface area contributed by atoms with Gasteiger partial charge in [-0.2, -0.15) is 0 Å². The minimum Gasteiger partial charge on any atom is -0.326 e. The molecule has 1 saturated heterocycles. The molecule has 0 unspecified atom stereocenters. The van der Waals surface area contributed by atoms with Gasteiger partial charge in [-0.15, -0.1) is 0 Å². The van der Waals surface area contributed by atoms with Crippen molar-refractivity contribution >= 4 is 56.4 Å². The number of carbonyl (C=O) groups is 2. The molecule has 0 spiro atoms. The molecule has 9 heteroatoms. The second kappa shape index (κ2) is 7.66. The summed E-state index contributed by atoms with van der Waals surface area (Å²) in [5.74, 6) is -1.10. The molecule has 1 heterocycles. The largest absolute Gasteiger partial charge is 0.326 e. The number of nitrogens with one attached hydrogen (secondary N) is 1. The highest BCUT2D eigenvalue weighted by molar-refractivity contribution is 9.10. The Balaban J connectivity index is 1.75. The van der Waals surface area contributed by atoms with Gasteiger partial charge in [-0.3, -0.25) is 19.7 Å². The first-order chi connectivity index (χ1) is 12.8. The van der Waals surface area contributed by atoms with Crippen molar-refractivity contribution in [3.8, 4) is 0 Å². The van der Waals surface area contributed by atoms with Crippen molar-refractivity contribution in [1.29, 1.82) is 0 Å². The molecule has 1 N–H and O–H groups in total. The molecule has 1 atom stereocenters. The predicted octanol–water partition coefficient (Wildman–Crippen LogP) is 4.31. The van der Waals surface area contributed by atoms with Crippen molar-refractivity contribution < 1.29 is 14.5 Å². The van der Waals surface area contributed by atoms with Crippen LogP contribution < -0.4 is 10.2 Å². The van der Waals surface area contributed by atoms with Gasteiger partial charge in [0.15, 0.2) is 0 Å².